The second kappa shape index (κ2) is 6.38. The molecule has 0 spiro atoms. The highest BCUT2D eigenvalue weighted by molar-refractivity contribution is 4.86. The monoisotopic (exact) mass is 254 g/mol. The van der Waals surface area contributed by atoms with Crippen molar-refractivity contribution in [3.8, 4) is 0 Å². The molecule has 106 valence electrons. The van der Waals surface area contributed by atoms with Crippen molar-refractivity contribution in [2.45, 2.75) is 71.5 Å². The fraction of sp³-hybridized carbons (Fsp3) is 1.00. The average molecular weight is 254 g/mol. The molecule has 0 aromatic rings. The summed E-state index contributed by atoms with van der Waals surface area (Å²) in [7, 11) is 0. The van der Waals surface area contributed by atoms with Gasteiger partial charge in [-0.2, -0.15) is 0 Å². The Morgan fingerprint density at radius 1 is 1.11 bits per heavy atom. The van der Waals surface area contributed by atoms with Crippen molar-refractivity contribution in [1.29, 1.82) is 0 Å². The van der Waals surface area contributed by atoms with E-state index in [-0.39, 0.29) is 6.10 Å². The Balaban J connectivity index is 1.68. The molecule has 2 heteroatoms. The molecule has 4 unspecified atom stereocenters. The Hall–Kier alpha value is -0.0800. The Kier molecular flexibility index (Phi) is 5.08. The lowest BCUT2D eigenvalue weighted by Crippen LogP contribution is -2.37. The van der Waals surface area contributed by atoms with Gasteiger partial charge in [0, 0.05) is 6.61 Å². The maximum absolute atomic E-state index is 10.4. The van der Waals surface area contributed by atoms with Crippen LogP contribution in [0.15, 0.2) is 0 Å². The zero-order valence-corrected chi connectivity index (χ0v) is 12.3. The third-order valence-electron chi connectivity index (χ3n) is 5.35. The van der Waals surface area contributed by atoms with Gasteiger partial charge in [0.1, 0.15) is 0 Å². The largest absolute Gasteiger partial charge is 0.393 e. The van der Waals surface area contributed by atoms with Gasteiger partial charge in [0.05, 0.1) is 12.2 Å². The van der Waals surface area contributed by atoms with E-state index in [2.05, 4.69) is 20.8 Å². The van der Waals surface area contributed by atoms with E-state index in [4.69, 9.17) is 4.74 Å². The van der Waals surface area contributed by atoms with Crippen molar-refractivity contribution in [2.75, 3.05) is 6.61 Å². The Bertz CT molecular complexity index is 247. The number of aliphatic hydroxyl groups excluding tert-OH is 1. The first-order chi connectivity index (χ1) is 8.60. The molecule has 0 amide bonds. The summed E-state index contributed by atoms with van der Waals surface area (Å²) < 4.78 is 5.58. The summed E-state index contributed by atoms with van der Waals surface area (Å²) >= 11 is 0. The molecule has 2 saturated carbocycles. The number of hydrogen-bond donors (Lipinski definition) is 1. The smallest absolute Gasteiger partial charge is 0.0580 e. The van der Waals surface area contributed by atoms with Gasteiger partial charge in [0.25, 0.3) is 0 Å². The molecule has 1 N–H and O–H groups in total. The van der Waals surface area contributed by atoms with Crippen LogP contribution in [-0.4, -0.2) is 23.9 Å². The van der Waals surface area contributed by atoms with Gasteiger partial charge in [-0.05, 0) is 62.7 Å². The normalized spacial score (nSPS) is 42.3. The average Bonchev–Trinajstić information content (AvgIpc) is 2.30. The topological polar surface area (TPSA) is 29.5 Å². The highest BCUT2D eigenvalue weighted by atomic mass is 16.5. The molecular weight excluding hydrogens is 224 g/mol. The van der Waals surface area contributed by atoms with E-state index in [1.165, 1.54) is 32.1 Å². The quantitative estimate of drug-likeness (QED) is 0.812. The maximum atomic E-state index is 10.4. The van der Waals surface area contributed by atoms with Gasteiger partial charge in [0.2, 0.25) is 0 Å². The summed E-state index contributed by atoms with van der Waals surface area (Å²) in [6.45, 7) is 7.59. The van der Waals surface area contributed by atoms with E-state index in [9.17, 15) is 5.11 Å². The fourth-order valence-electron chi connectivity index (χ4n) is 3.71. The minimum Gasteiger partial charge on any atom is -0.393 e. The van der Waals surface area contributed by atoms with E-state index in [0.717, 1.165) is 24.9 Å². The molecular formula is C16H30O2. The van der Waals surface area contributed by atoms with Crippen LogP contribution in [0.4, 0.5) is 0 Å². The van der Waals surface area contributed by atoms with Gasteiger partial charge in [0.15, 0.2) is 0 Å². The van der Waals surface area contributed by atoms with Crippen LogP contribution in [0.5, 0.6) is 0 Å². The first-order valence-electron chi connectivity index (χ1n) is 7.89. The first-order valence-corrected chi connectivity index (χ1v) is 7.89. The molecule has 0 bridgehead atoms. The van der Waals surface area contributed by atoms with Crippen molar-refractivity contribution in [3.05, 3.63) is 0 Å². The van der Waals surface area contributed by atoms with Crippen LogP contribution in [0.1, 0.15) is 59.3 Å². The van der Waals surface area contributed by atoms with Gasteiger partial charge in [-0.15, -0.1) is 0 Å². The van der Waals surface area contributed by atoms with Crippen LogP contribution in [0.25, 0.3) is 0 Å². The highest BCUT2D eigenvalue weighted by Crippen LogP contribution is 2.39. The van der Waals surface area contributed by atoms with Crippen molar-refractivity contribution in [2.24, 2.45) is 23.7 Å². The highest BCUT2D eigenvalue weighted by Gasteiger charge is 2.35. The summed E-state index contributed by atoms with van der Waals surface area (Å²) in [5.41, 5.74) is 0. The molecule has 0 aromatic carbocycles. The first kappa shape index (κ1) is 14.3. The molecule has 2 rings (SSSR count). The Labute approximate surface area is 112 Å². The summed E-state index contributed by atoms with van der Waals surface area (Å²) in [6.07, 6.45) is 7.53. The molecule has 2 aliphatic rings. The Morgan fingerprint density at radius 3 is 2.44 bits per heavy atom. The van der Waals surface area contributed by atoms with Gasteiger partial charge in [-0.1, -0.05) is 20.3 Å². The Morgan fingerprint density at radius 2 is 1.83 bits per heavy atom. The van der Waals surface area contributed by atoms with Gasteiger partial charge in [-0.25, -0.2) is 0 Å². The van der Waals surface area contributed by atoms with Crippen LogP contribution in [-0.2, 0) is 4.74 Å². The molecule has 0 radical (unpaired) electrons. The standard InChI is InChI=1S/C16H30O2/c1-4-18-15-8-13(9-15)10-16(17)14-6-5-11(2)12(3)7-14/h11-17H,4-10H2,1-3H3. The fourth-order valence-corrected chi connectivity index (χ4v) is 3.71. The molecule has 0 heterocycles. The molecule has 2 nitrogen and oxygen atoms in total. The zero-order valence-electron chi connectivity index (χ0n) is 12.3. The van der Waals surface area contributed by atoms with E-state index >= 15 is 0 Å². The molecule has 4 atom stereocenters. The summed E-state index contributed by atoms with van der Waals surface area (Å²) in [6, 6.07) is 0. The summed E-state index contributed by atoms with van der Waals surface area (Å²) in [5, 5.41) is 10.4. The summed E-state index contributed by atoms with van der Waals surface area (Å²) in [5.74, 6) is 2.91. The van der Waals surface area contributed by atoms with Crippen molar-refractivity contribution in [3.63, 3.8) is 0 Å². The lowest BCUT2D eigenvalue weighted by atomic mass is 9.70. The SMILES string of the molecule is CCOC1CC(CC(O)C2CCC(C)C(C)C2)C1. The van der Waals surface area contributed by atoms with Crippen molar-refractivity contribution >= 4 is 0 Å². The van der Waals surface area contributed by atoms with Crippen LogP contribution >= 0.6 is 0 Å². The number of hydrogen-bond acceptors (Lipinski definition) is 2. The number of ether oxygens (including phenoxy) is 1. The predicted molar refractivity (Wildman–Crippen MR) is 74.4 cm³/mol. The second-order valence-electron chi connectivity index (χ2n) is 6.75. The lowest BCUT2D eigenvalue weighted by molar-refractivity contribution is -0.0482. The van der Waals surface area contributed by atoms with Crippen LogP contribution in [0.2, 0.25) is 0 Å². The van der Waals surface area contributed by atoms with Crippen LogP contribution < -0.4 is 0 Å². The number of rotatable bonds is 5. The molecule has 2 fully saturated rings. The molecule has 2 aliphatic carbocycles. The molecule has 0 aromatic heterocycles. The van der Waals surface area contributed by atoms with Gasteiger partial charge < -0.3 is 9.84 Å². The maximum Gasteiger partial charge on any atom is 0.0580 e. The lowest BCUT2D eigenvalue weighted by Gasteiger charge is -2.39. The molecule has 0 saturated heterocycles. The van der Waals surface area contributed by atoms with Gasteiger partial charge >= 0.3 is 0 Å². The van der Waals surface area contributed by atoms with Crippen LogP contribution in [0.3, 0.4) is 0 Å². The van der Waals surface area contributed by atoms with E-state index in [0.29, 0.717) is 17.9 Å². The predicted octanol–water partition coefficient (Wildman–Crippen LogP) is 3.62. The third-order valence-corrected chi connectivity index (χ3v) is 5.35. The minimum absolute atomic E-state index is 0.0625. The van der Waals surface area contributed by atoms with Crippen molar-refractivity contribution in [1.82, 2.24) is 0 Å². The van der Waals surface area contributed by atoms with E-state index < -0.39 is 0 Å². The van der Waals surface area contributed by atoms with Crippen LogP contribution in [0, 0.1) is 23.7 Å². The zero-order chi connectivity index (χ0) is 13.1. The third kappa shape index (κ3) is 3.48. The molecule has 18 heavy (non-hydrogen) atoms. The van der Waals surface area contributed by atoms with E-state index in [1.54, 1.807) is 0 Å². The molecule has 0 aliphatic heterocycles. The van der Waals surface area contributed by atoms with Gasteiger partial charge in [-0.3, -0.25) is 0 Å². The minimum atomic E-state index is -0.0625. The second-order valence-corrected chi connectivity index (χ2v) is 6.75. The summed E-state index contributed by atoms with van der Waals surface area (Å²) in [4.78, 5) is 0. The van der Waals surface area contributed by atoms with Crippen molar-refractivity contribution < 1.29 is 9.84 Å². The number of aliphatic hydroxyl groups is 1. The van der Waals surface area contributed by atoms with E-state index in [1.807, 2.05) is 0 Å².